The number of nitrogens with one attached hydrogen (secondary N) is 1. The third kappa shape index (κ3) is 4.72. The van der Waals surface area contributed by atoms with Gasteiger partial charge in [-0.15, -0.1) is 0 Å². The molecular weight excluding hydrogens is 417 g/mol. The number of amides is 1. The fourth-order valence-corrected chi connectivity index (χ4v) is 5.21. The Labute approximate surface area is 186 Å². The lowest BCUT2D eigenvalue weighted by molar-refractivity contribution is 0.0716. The molecule has 2 aromatic rings. The van der Waals surface area contributed by atoms with Gasteiger partial charge in [0, 0.05) is 23.9 Å². The Morgan fingerprint density at radius 1 is 0.969 bits per heavy atom. The normalized spacial score (nSPS) is 22.2. The molecule has 1 aromatic heterocycles. The average molecular weight is 449 g/mol. The molecule has 2 atom stereocenters. The minimum absolute atomic E-state index is 0.0560. The smallest absolute Gasteiger partial charge is 0.253 e. The number of aliphatic hydroxyl groups excluding tert-OH is 1. The highest BCUT2D eigenvalue weighted by Gasteiger charge is 2.28. The number of hydrogen-bond donors (Lipinski definition) is 2. The number of nitrogens with zero attached hydrogens (tertiary/aromatic N) is 1. The van der Waals surface area contributed by atoms with Crippen molar-refractivity contribution in [2.24, 2.45) is 5.92 Å². The topological polar surface area (TPSA) is 54.3 Å². The molecule has 0 radical (unpaired) electrons. The fraction of sp³-hybridized carbons (Fsp3) is 0.560. The van der Waals surface area contributed by atoms with E-state index in [9.17, 15) is 23.1 Å². The molecule has 174 valence electrons. The van der Waals surface area contributed by atoms with Crippen molar-refractivity contribution in [1.29, 1.82) is 0 Å². The van der Waals surface area contributed by atoms with E-state index in [1.54, 1.807) is 13.0 Å². The average Bonchev–Trinajstić information content (AvgIpc) is 3.09. The lowest BCUT2D eigenvalue weighted by Crippen LogP contribution is -2.45. The Balaban J connectivity index is 1.70. The second kappa shape index (κ2) is 9.69. The van der Waals surface area contributed by atoms with Gasteiger partial charge in [0.1, 0.15) is 5.82 Å². The van der Waals surface area contributed by atoms with E-state index < -0.39 is 23.6 Å². The summed E-state index contributed by atoms with van der Waals surface area (Å²) in [7, 11) is 0. The zero-order valence-electron chi connectivity index (χ0n) is 18.5. The quantitative estimate of drug-likeness (QED) is 0.594. The second-order valence-electron chi connectivity index (χ2n) is 9.32. The highest BCUT2D eigenvalue weighted by molar-refractivity contribution is 5.97. The lowest BCUT2D eigenvalue weighted by atomic mass is 9.89. The van der Waals surface area contributed by atoms with Gasteiger partial charge in [-0.25, -0.2) is 13.2 Å². The molecule has 0 unspecified atom stereocenters. The zero-order chi connectivity index (χ0) is 22.8. The molecule has 0 bridgehead atoms. The summed E-state index contributed by atoms with van der Waals surface area (Å²) in [6.45, 7) is 2.40. The third-order valence-electron chi connectivity index (χ3n) is 7.11. The molecule has 7 heteroatoms. The van der Waals surface area contributed by atoms with Crippen LogP contribution in [-0.2, 0) is 6.54 Å². The largest absolute Gasteiger partial charge is 0.391 e. The van der Waals surface area contributed by atoms with Gasteiger partial charge in [0.15, 0.2) is 11.6 Å². The second-order valence-corrected chi connectivity index (χ2v) is 9.32. The first-order chi connectivity index (χ1) is 15.3. The summed E-state index contributed by atoms with van der Waals surface area (Å²) < 4.78 is 44.1. The standard InChI is InChI=1S/C25H31F3N2O2/c1-15-17(25(32)29-22-9-5-6-10-24(22)31)12-23(18-11-20(27)21(28)13-19(18)26)30(15)14-16-7-3-2-4-8-16/h11-13,16,22,24,31H,2-10,14H2,1H3,(H,29,32)/t22-,24-/m0/s1. The first kappa shape index (κ1) is 22.9. The number of carbonyl (C=O) groups excluding carboxylic acids is 1. The summed E-state index contributed by atoms with van der Waals surface area (Å²) in [5.41, 5.74) is 1.36. The number of halogens is 3. The van der Waals surface area contributed by atoms with Gasteiger partial charge >= 0.3 is 0 Å². The highest BCUT2D eigenvalue weighted by atomic mass is 19.2. The Hall–Kier alpha value is -2.28. The third-order valence-corrected chi connectivity index (χ3v) is 7.11. The van der Waals surface area contributed by atoms with E-state index in [-0.39, 0.29) is 17.5 Å². The van der Waals surface area contributed by atoms with E-state index >= 15 is 0 Å². The maximum Gasteiger partial charge on any atom is 0.253 e. The number of carbonyl (C=O) groups is 1. The van der Waals surface area contributed by atoms with Crippen LogP contribution in [0.3, 0.4) is 0 Å². The van der Waals surface area contributed by atoms with Crippen LogP contribution in [0.5, 0.6) is 0 Å². The molecule has 4 nitrogen and oxygen atoms in total. The maximum absolute atomic E-state index is 14.7. The molecule has 1 aromatic carbocycles. The summed E-state index contributed by atoms with van der Waals surface area (Å²) >= 11 is 0. The van der Waals surface area contributed by atoms with Crippen molar-refractivity contribution in [3.05, 3.63) is 46.9 Å². The molecule has 4 rings (SSSR count). The van der Waals surface area contributed by atoms with Gasteiger partial charge in [-0.2, -0.15) is 0 Å². The summed E-state index contributed by atoms with van der Waals surface area (Å²) in [4.78, 5) is 13.1. The number of hydrogen-bond acceptors (Lipinski definition) is 2. The van der Waals surface area contributed by atoms with Crippen molar-refractivity contribution in [3.8, 4) is 11.3 Å². The van der Waals surface area contributed by atoms with Crippen LogP contribution in [0.1, 0.15) is 73.8 Å². The van der Waals surface area contributed by atoms with E-state index in [1.165, 1.54) is 6.42 Å². The van der Waals surface area contributed by atoms with E-state index in [0.717, 1.165) is 44.6 Å². The van der Waals surface area contributed by atoms with Gasteiger partial charge < -0.3 is 15.0 Å². The summed E-state index contributed by atoms with van der Waals surface area (Å²) in [6, 6.07) is 2.67. The molecule has 1 heterocycles. The molecule has 2 fully saturated rings. The van der Waals surface area contributed by atoms with Crippen molar-refractivity contribution >= 4 is 5.91 Å². The van der Waals surface area contributed by atoms with Crippen molar-refractivity contribution < 1.29 is 23.1 Å². The Kier molecular flexibility index (Phi) is 6.93. The van der Waals surface area contributed by atoms with Crippen molar-refractivity contribution in [1.82, 2.24) is 9.88 Å². The lowest BCUT2D eigenvalue weighted by Gasteiger charge is -2.28. The van der Waals surface area contributed by atoms with Gasteiger partial charge in [-0.05, 0) is 50.7 Å². The van der Waals surface area contributed by atoms with Gasteiger partial charge in [0.2, 0.25) is 0 Å². The summed E-state index contributed by atoms with van der Waals surface area (Å²) in [6.07, 6.45) is 8.21. The molecule has 2 N–H and O–H groups in total. The zero-order valence-corrected chi connectivity index (χ0v) is 18.5. The summed E-state index contributed by atoms with van der Waals surface area (Å²) in [5, 5.41) is 13.2. The molecular formula is C25H31F3N2O2. The van der Waals surface area contributed by atoms with Gasteiger partial charge in [0.05, 0.1) is 23.4 Å². The van der Waals surface area contributed by atoms with Crippen LogP contribution in [0.4, 0.5) is 13.2 Å². The highest BCUT2D eigenvalue weighted by Crippen LogP contribution is 2.33. The van der Waals surface area contributed by atoms with Crippen LogP contribution in [0.15, 0.2) is 18.2 Å². The van der Waals surface area contributed by atoms with Crippen LogP contribution in [0.2, 0.25) is 0 Å². The molecule has 0 spiro atoms. The van der Waals surface area contributed by atoms with E-state index in [2.05, 4.69) is 5.32 Å². The van der Waals surface area contributed by atoms with Crippen LogP contribution < -0.4 is 5.32 Å². The predicted octanol–water partition coefficient (Wildman–Crippen LogP) is 5.49. The molecule has 0 saturated heterocycles. The monoisotopic (exact) mass is 448 g/mol. The number of aliphatic hydroxyl groups is 1. The molecule has 2 saturated carbocycles. The maximum atomic E-state index is 14.7. The molecule has 1 amide bonds. The van der Waals surface area contributed by atoms with Crippen molar-refractivity contribution in [2.45, 2.75) is 83.4 Å². The SMILES string of the molecule is Cc1c(C(=O)N[C@H]2CCCC[C@@H]2O)cc(-c2cc(F)c(F)cc2F)n1CC1CCCCC1. The number of rotatable bonds is 5. The van der Waals surface area contributed by atoms with Gasteiger partial charge in [-0.1, -0.05) is 32.1 Å². The minimum Gasteiger partial charge on any atom is -0.391 e. The van der Waals surface area contributed by atoms with Crippen LogP contribution in [0.25, 0.3) is 11.3 Å². The van der Waals surface area contributed by atoms with Gasteiger partial charge in [0.25, 0.3) is 5.91 Å². The van der Waals surface area contributed by atoms with E-state index in [0.29, 0.717) is 48.3 Å². The van der Waals surface area contributed by atoms with Gasteiger partial charge in [-0.3, -0.25) is 4.79 Å². The minimum atomic E-state index is -1.24. The fourth-order valence-electron chi connectivity index (χ4n) is 5.21. The number of benzene rings is 1. The Morgan fingerprint density at radius 3 is 2.34 bits per heavy atom. The molecule has 2 aliphatic carbocycles. The van der Waals surface area contributed by atoms with Crippen LogP contribution in [0, 0.1) is 30.3 Å². The van der Waals surface area contributed by atoms with Crippen LogP contribution >= 0.6 is 0 Å². The molecule has 32 heavy (non-hydrogen) atoms. The first-order valence-electron chi connectivity index (χ1n) is 11.7. The Bertz CT molecular complexity index is 982. The van der Waals surface area contributed by atoms with Crippen molar-refractivity contribution in [2.75, 3.05) is 0 Å². The molecule has 2 aliphatic rings. The van der Waals surface area contributed by atoms with E-state index in [1.807, 2.05) is 4.57 Å². The molecule has 0 aliphatic heterocycles. The predicted molar refractivity (Wildman–Crippen MR) is 117 cm³/mol. The summed E-state index contributed by atoms with van der Waals surface area (Å²) in [5.74, 6) is -3.17. The number of aromatic nitrogens is 1. The van der Waals surface area contributed by atoms with E-state index in [4.69, 9.17) is 0 Å². The van der Waals surface area contributed by atoms with Crippen LogP contribution in [-0.4, -0.2) is 27.7 Å². The Morgan fingerprint density at radius 2 is 1.62 bits per heavy atom. The van der Waals surface area contributed by atoms with Crippen molar-refractivity contribution in [3.63, 3.8) is 0 Å². The first-order valence-corrected chi connectivity index (χ1v) is 11.7.